The molecule has 0 bridgehead atoms. The molecule has 4 rings (SSSR count). The van der Waals surface area contributed by atoms with E-state index in [1.165, 1.54) is 4.90 Å². The lowest BCUT2D eigenvalue weighted by Gasteiger charge is -2.12. The Bertz CT molecular complexity index is 1140. The Kier molecular flexibility index (Phi) is 5.54. The van der Waals surface area contributed by atoms with E-state index in [0.29, 0.717) is 15.0 Å². The summed E-state index contributed by atoms with van der Waals surface area (Å²) in [6.45, 7) is 2.16. The highest BCUT2D eigenvalue weighted by Crippen LogP contribution is 2.34. The van der Waals surface area contributed by atoms with Gasteiger partial charge in [0.1, 0.15) is 0 Å². The summed E-state index contributed by atoms with van der Waals surface area (Å²) < 4.78 is 1.93. The molecule has 3 aromatic rings. The highest BCUT2D eigenvalue weighted by atomic mass is 35.5. The third-order valence-electron chi connectivity index (χ3n) is 4.62. The van der Waals surface area contributed by atoms with Gasteiger partial charge in [0.05, 0.1) is 11.4 Å². The van der Waals surface area contributed by atoms with Crippen molar-refractivity contribution in [3.8, 4) is 5.69 Å². The van der Waals surface area contributed by atoms with E-state index in [1.54, 1.807) is 18.2 Å². The highest BCUT2D eigenvalue weighted by Gasteiger charge is 2.35. The predicted octanol–water partition coefficient (Wildman–Crippen LogP) is 6.33. The molecule has 4 nitrogen and oxygen atoms in total. The van der Waals surface area contributed by atoms with Crippen LogP contribution in [0.4, 0.5) is 4.79 Å². The van der Waals surface area contributed by atoms with Gasteiger partial charge in [0.2, 0.25) is 0 Å². The molecule has 7 heteroatoms. The smallest absolute Gasteiger partial charge is 0.293 e. The van der Waals surface area contributed by atoms with Crippen molar-refractivity contribution in [2.24, 2.45) is 0 Å². The number of amides is 2. The van der Waals surface area contributed by atoms with Gasteiger partial charge in [-0.05, 0) is 72.3 Å². The zero-order chi connectivity index (χ0) is 20.5. The summed E-state index contributed by atoms with van der Waals surface area (Å²) in [4.78, 5) is 26.9. The van der Waals surface area contributed by atoms with Crippen LogP contribution in [-0.2, 0) is 11.3 Å². The van der Waals surface area contributed by atoms with Crippen LogP contribution >= 0.6 is 35.0 Å². The number of carbonyl (C=O) groups excluding carboxylic acids is 2. The fourth-order valence-corrected chi connectivity index (χ4v) is 4.15. The van der Waals surface area contributed by atoms with E-state index in [4.69, 9.17) is 23.2 Å². The summed E-state index contributed by atoms with van der Waals surface area (Å²) >= 11 is 13.1. The molecule has 1 fully saturated rings. The van der Waals surface area contributed by atoms with Gasteiger partial charge in [-0.15, -0.1) is 0 Å². The van der Waals surface area contributed by atoms with Crippen molar-refractivity contribution in [3.63, 3.8) is 0 Å². The van der Waals surface area contributed by atoms with Gasteiger partial charge < -0.3 is 4.57 Å². The summed E-state index contributed by atoms with van der Waals surface area (Å²) in [7, 11) is 0. The fraction of sp³-hybridized carbons (Fsp3) is 0.0909. The number of hydrogen-bond acceptors (Lipinski definition) is 3. The van der Waals surface area contributed by atoms with Crippen molar-refractivity contribution in [2.45, 2.75) is 13.5 Å². The summed E-state index contributed by atoms with van der Waals surface area (Å²) in [5, 5.41) is 0.998. The van der Waals surface area contributed by atoms with Crippen molar-refractivity contribution in [1.29, 1.82) is 0 Å². The van der Waals surface area contributed by atoms with Crippen LogP contribution in [0.3, 0.4) is 0 Å². The number of hydrogen-bond donors (Lipinski definition) is 0. The molecule has 29 heavy (non-hydrogen) atoms. The van der Waals surface area contributed by atoms with Crippen molar-refractivity contribution in [3.05, 3.63) is 92.6 Å². The van der Waals surface area contributed by atoms with Crippen LogP contribution in [0.5, 0.6) is 0 Å². The first kappa shape index (κ1) is 19.8. The van der Waals surface area contributed by atoms with Crippen molar-refractivity contribution >= 4 is 52.2 Å². The van der Waals surface area contributed by atoms with E-state index in [1.807, 2.05) is 60.2 Å². The van der Waals surface area contributed by atoms with Gasteiger partial charge in [-0.1, -0.05) is 41.4 Å². The molecule has 0 N–H and O–H groups in total. The molecular formula is C22H16Cl2N2O2S. The quantitative estimate of drug-likeness (QED) is 0.443. The Morgan fingerprint density at radius 2 is 1.79 bits per heavy atom. The number of carbonyl (C=O) groups is 2. The first-order chi connectivity index (χ1) is 13.9. The van der Waals surface area contributed by atoms with Crippen LogP contribution in [0.2, 0.25) is 10.0 Å². The monoisotopic (exact) mass is 442 g/mol. The Morgan fingerprint density at radius 1 is 1.03 bits per heavy atom. The van der Waals surface area contributed by atoms with Crippen LogP contribution in [0, 0.1) is 6.92 Å². The summed E-state index contributed by atoms with van der Waals surface area (Å²) in [5.41, 5.74) is 3.52. The van der Waals surface area contributed by atoms with Gasteiger partial charge in [-0.3, -0.25) is 14.5 Å². The predicted molar refractivity (Wildman–Crippen MR) is 118 cm³/mol. The summed E-state index contributed by atoms with van der Waals surface area (Å²) in [6, 6.07) is 16.7. The van der Waals surface area contributed by atoms with Crippen LogP contribution < -0.4 is 0 Å². The number of imide groups is 1. The van der Waals surface area contributed by atoms with Crippen LogP contribution in [0.25, 0.3) is 11.8 Å². The van der Waals surface area contributed by atoms with Gasteiger partial charge in [-0.25, -0.2) is 0 Å². The minimum Gasteiger partial charge on any atom is -0.317 e. The van der Waals surface area contributed by atoms with Crippen molar-refractivity contribution in [1.82, 2.24) is 9.47 Å². The second-order valence-electron chi connectivity index (χ2n) is 6.63. The molecular weight excluding hydrogens is 427 g/mol. The average Bonchev–Trinajstić information content (AvgIpc) is 3.26. The molecule has 1 aromatic heterocycles. The number of halogens is 2. The lowest BCUT2D eigenvalue weighted by molar-refractivity contribution is -0.123. The second-order valence-corrected chi connectivity index (χ2v) is 8.47. The van der Waals surface area contributed by atoms with Crippen LogP contribution in [-0.4, -0.2) is 20.6 Å². The van der Waals surface area contributed by atoms with E-state index in [2.05, 4.69) is 0 Å². The number of thioether (sulfide) groups is 1. The number of rotatable bonds is 4. The standard InChI is InChI=1S/C22H16Cl2N2O2S/c1-14-4-9-18(11-19(14)24)25-10-2-3-17(25)12-20-21(27)26(22(28)29-20)13-15-5-7-16(23)8-6-15/h2-12H,13H2,1H3/b20-12-. The molecule has 0 spiro atoms. The van der Waals surface area contributed by atoms with Crippen molar-refractivity contribution < 1.29 is 9.59 Å². The normalized spacial score (nSPS) is 15.6. The molecule has 2 heterocycles. The van der Waals surface area contributed by atoms with E-state index in [9.17, 15) is 9.59 Å². The van der Waals surface area contributed by atoms with E-state index < -0.39 is 0 Å². The topological polar surface area (TPSA) is 42.3 Å². The number of nitrogens with zero attached hydrogens (tertiary/aromatic N) is 2. The lowest BCUT2D eigenvalue weighted by Crippen LogP contribution is -2.27. The van der Waals surface area contributed by atoms with E-state index in [-0.39, 0.29) is 17.7 Å². The van der Waals surface area contributed by atoms with E-state index in [0.717, 1.165) is 34.3 Å². The molecule has 146 valence electrons. The average molecular weight is 443 g/mol. The summed E-state index contributed by atoms with van der Waals surface area (Å²) in [5.74, 6) is -0.301. The Hall–Kier alpha value is -2.47. The third kappa shape index (κ3) is 4.13. The second kappa shape index (κ2) is 8.11. The van der Waals surface area contributed by atoms with E-state index >= 15 is 0 Å². The maximum atomic E-state index is 12.8. The molecule has 1 saturated heterocycles. The molecule has 2 amide bonds. The minimum absolute atomic E-state index is 0.216. The van der Waals surface area contributed by atoms with Gasteiger partial charge in [0, 0.05) is 27.6 Å². The zero-order valence-electron chi connectivity index (χ0n) is 15.4. The molecule has 0 unspecified atom stereocenters. The van der Waals surface area contributed by atoms with Crippen LogP contribution in [0.15, 0.2) is 65.7 Å². The molecule has 2 aromatic carbocycles. The van der Waals surface area contributed by atoms with Gasteiger partial charge >= 0.3 is 0 Å². The lowest BCUT2D eigenvalue weighted by atomic mass is 10.2. The highest BCUT2D eigenvalue weighted by molar-refractivity contribution is 8.18. The maximum absolute atomic E-state index is 12.8. The minimum atomic E-state index is -0.301. The Morgan fingerprint density at radius 3 is 2.52 bits per heavy atom. The summed E-state index contributed by atoms with van der Waals surface area (Å²) in [6.07, 6.45) is 3.63. The number of aryl methyl sites for hydroxylation is 1. The maximum Gasteiger partial charge on any atom is 0.293 e. The van der Waals surface area contributed by atoms with Crippen molar-refractivity contribution in [2.75, 3.05) is 0 Å². The largest absolute Gasteiger partial charge is 0.317 e. The first-order valence-corrected chi connectivity index (χ1v) is 10.4. The molecule has 0 saturated carbocycles. The SMILES string of the molecule is Cc1ccc(-n2cccc2/C=C2\SC(=O)N(Cc3ccc(Cl)cc3)C2=O)cc1Cl. The molecule has 0 aliphatic carbocycles. The fourth-order valence-electron chi connectivity index (χ4n) is 3.02. The molecule has 1 aliphatic rings. The Balaban J connectivity index is 1.60. The van der Waals surface area contributed by atoms with Gasteiger partial charge in [-0.2, -0.15) is 0 Å². The number of benzene rings is 2. The molecule has 0 radical (unpaired) electrons. The molecule has 0 atom stereocenters. The van der Waals surface area contributed by atoms with Gasteiger partial charge in [0.25, 0.3) is 11.1 Å². The number of aromatic nitrogens is 1. The van der Waals surface area contributed by atoms with Gasteiger partial charge in [0.15, 0.2) is 0 Å². The third-order valence-corrected chi connectivity index (χ3v) is 6.19. The Labute approximate surface area is 182 Å². The van der Waals surface area contributed by atoms with Crippen LogP contribution in [0.1, 0.15) is 16.8 Å². The first-order valence-electron chi connectivity index (χ1n) is 8.86. The molecule has 1 aliphatic heterocycles. The zero-order valence-corrected chi connectivity index (χ0v) is 17.8.